The van der Waals surface area contributed by atoms with Crippen molar-refractivity contribution in [1.82, 2.24) is 20.8 Å². The minimum atomic E-state index is -0.310. The highest BCUT2D eigenvalue weighted by atomic mass is 16.5. The number of nitrogens with one attached hydrogen (secondary N) is 2. The van der Waals surface area contributed by atoms with Gasteiger partial charge in [0.2, 0.25) is 0 Å². The Morgan fingerprint density at radius 2 is 1.74 bits per heavy atom. The van der Waals surface area contributed by atoms with Gasteiger partial charge in [0.1, 0.15) is 0 Å². The third-order valence-corrected chi connectivity index (χ3v) is 3.98. The average Bonchev–Trinajstić information content (AvgIpc) is 3.19. The number of aryl methyl sites for hydroxylation is 1. The molecule has 27 heavy (non-hydrogen) atoms. The van der Waals surface area contributed by atoms with Crippen LogP contribution in [0.1, 0.15) is 33.0 Å². The summed E-state index contributed by atoms with van der Waals surface area (Å²) in [5.41, 5.74) is 2.32. The molecule has 138 valence electrons. The molecule has 0 bridgehead atoms. The minimum absolute atomic E-state index is 0.170. The monoisotopic (exact) mass is 364 g/mol. The summed E-state index contributed by atoms with van der Waals surface area (Å²) in [6.45, 7) is 2.65. The quantitative estimate of drug-likeness (QED) is 0.628. The van der Waals surface area contributed by atoms with Gasteiger partial charge in [-0.1, -0.05) is 35.5 Å². The molecule has 7 nitrogen and oxygen atoms in total. The normalized spacial score (nSPS) is 10.4. The Morgan fingerprint density at radius 1 is 1.00 bits per heavy atom. The zero-order valence-electron chi connectivity index (χ0n) is 14.9. The Morgan fingerprint density at radius 3 is 2.48 bits per heavy atom. The van der Waals surface area contributed by atoms with Crippen LogP contribution in [0, 0.1) is 6.92 Å². The topological polar surface area (TPSA) is 97.1 Å². The summed E-state index contributed by atoms with van der Waals surface area (Å²) in [7, 11) is 0. The lowest BCUT2D eigenvalue weighted by Crippen LogP contribution is -2.30. The molecule has 0 aliphatic rings. The van der Waals surface area contributed by atoms with Crippen LogP contribution >= 0.6 is 0 Å². The second-order valence-corrected chi connectivity index (χ2v) is 5.94. The molecular formula is C20H20N4O3. The fourth-order valence-corrected chi connectivity index (χ4v) is 2.52. The average molecular weight is 364 g/mol. The number of carbonyl (C=O) groups excluding carboxylic acids is 2. The molecule has 0 saturated carbocycles. The van der Waals surface area contributed by atoms with Crippen molar-refractivity contribution in [3.05, 3.63) is 71.7 Å². The number of rotatable bonds is 7. The summed E-state index contributed by atoms with van der Waals surface area (Å²) in [5, 5.41) is 9.38. The first-order valence-electron chi connectivity index (χ1n) is 8.65. The summed E-state index contributed by atoms with van der Waals surface area (Å²) in [6, 6.07) is 14.5. The minimum Gasteiger partial charge on any atom is -0.355 e. The van der Waals surface area contributed by atoms with Crippen molar-refractivity contribution in [2.45, 2.75) is 13.3 Å². The molecule has 0 spiro atoms. The van der Waals surface area contributed by atoms with Gasteiger partial charge >= 0.3 is 0 Å². The van der Waals surface area contributed by atoms with Crippen LogP contribution in [-0.2, 0) is 0 Å². The van der Waals surface area contributed by atoms with E-state index in [1.165, 1.54) is 0 Å². The standard InChI is InChI=1S/C20H20N4O3/c1-14-16(9-5-10-21-14)19(25)22-11-6-12-23-20(26)17-13-18(27-24-17)15-7-3-2-4-8-15/h2-5,7-10,13H,6,11-12H2,1H3,(H,22,25)(H,23,26). The fraction of sp³-hybridized carbons (Fsp3) is 0.200. The lowest BCUT2D eigenvalue weighted by Gasteiger charge is -2.07. The Kier molecular flexibility index (Phi) is 5.94. The van der Waals surface area contributed by atoms with Crippen molar-refractivity contribution in [3.8, 4) is 11.3 Å². The van der Waals surface area contributed by atoms with Gasteiger partial charge < -0.3 is 15.2 Å². The first kappa shape index (κ1) is 18.3. The summed E-state index contributed by atoms with van der Waals surface area (Å²) >= 11 is 0. The molecule has 0 saturated heterocycles. The molecule has 0 aliphatic heterocycles. The second-order valence-electron chi connectivity index (χ2n) is 5.94. The van der Waals surface area contributed by atoms with Gasteiger partial charge in [0.05, 0.1) is 5.56 Å². The molecule has 0 unspecified atom stereocenters. The number of hydrogen-bond acceptors (Lipinski definition) is 5. The van der Waals surface area contributed by atoms with Crippen molar-refractivity contribution < 1.29 is 14.1 Å². The van der Waals surface area contributed by atoms with Gasteiger partial charge in [-0.3, -0.25) is 14.6 Å². The van der Waals surface area contributed by atoms with Gasteiger partial charge in [0.15, 0.2) is 11.5 Å². The van der Waals surface area contributed by atoms with Crippen molar-refractivity contribution in [1.29, 1.82) is 0 Å². The van der Waals surface area contributed by atoms with E-state index in [0.29, 0.717) is 36.5 Å². The van der Waals surface area contributed by atoms with Crippen LogP contribution in [0.25, 0.3) is 11.3 Å². The van der Waals surface area contributed by atoms with Crippen molar-refractivity contribution in [2.24, 2.45) is 0 Å². The summed E-state index contributed by atoms with van der Waals surface area (Å²) in [6.07, 6.45) is 2.24. The predicted molar refractivity (Wildman–Crippen MR) is 100 cm³/mol. The molecule has 2 N–H and O–H groups in total. The van der Waals surface area contributed by atoms with Crippen LogP contribution in [0.3, 0.4) is 0 Å². The van der Waals surface area contributed by atoms with Gasteiger partial charge in [-0.05, 0) is 25.5 Å². The maximum atomic E-state index is 12.1. The molecule has 2 aromatic heterocycles. The number of amides is 2. The van der Waals surface area contributed by atoms with E-state index in [2.05, 4.69) is 20.8 Å². The van der Waals surface area contributed by atoms with E-state index in [-0.39, 0.29) is 17.5 Å². The van der Waals surface area contributed by atoms with Gasteiger partial charge in [-0.15, -0.1) is 0 Å². The molecule has 0 radical (unpaired) electrons. The highest BCUT2D eigenvalue weighted by Gasteiger charge is 2.13. The highest BCUT2D eigenvalue weighted by Crippen LogP contribution is 2.19. The SMILES string of the molecule is Cc1ncccc1C(=O)NCCCNC(=O)c1cc(-c2ccccc2)on1. The van der Waals surface area contributed by atoms with Crippen LogP contribution in [0.2, 0.25) is 0 Å². The zero-order valence-corrected chi connectivity index (χ0v) is 14.9. The smallest absolute Gasteiger partial charge is 0.273 e. The Bertz CT molecular complexity index is 922. The molecule has 1 aromatic carbocycles. The van der Waals surface area contributed by atoms with Gasteiger partial charge in [-0.2, -0.15) is 0 Å². The first-order chi connectivity index (χ1) is 13.1. The predicted octanol–water partition coefficient (Wildman–Crippen LogP) is 2.59. The number of aromatic nitrogens is 2. The van der Waals surface area contributed by atoms with Crippen LogP contribution < -0.4 is 10.6 Å². The van der Waals surface area contributed by atoms with E-state index in [0.717, 1.165) is 5.56 Å². The van der Waals surface area contributed by atoms with E-state index in [1.807, 2.05) is 30.3 Å². The van der Waals surface area contributed by atoms with Crippen molar-refractivity contribution in [2.75, 3.05) is 13.1 Å². The summed E-state index contributed by atoms with van der Waals surface area (Å²) in [4.78, 5) is 28.3. The van der Waals surface area contributed by atoms with Gasteiger partial charge in [-0.25, -0.2) is 0 Å². The molecule has 0 fully saturated rings. The van der Waals surface area contributed by atoms with E-state index in [9.17, 15) is 9.59 Å². The molecule has 3 rings (SSSR count). The lowest BCUT2D eigenvalue weighted by atomic mass is 10.1. The van der Waals surface area contributed by atoms with Gasteiger partial charge in [0, 0.05) is 36.6 Å². The third-order valence-electron chi connectivity index (χ3n) is 3.98. The fourth-order valence-electron chi connectivity index (χ4n) is 2.52. The highest BCUT2D eigenvalue weighted by molar-refractivity contribution is 5.95. The first-order valence-corrected chi connectivity index (χ1v) is 8.65. The van der Waals surface area contributed by atoms with Gasteiger partial charge in [0.25, 0.3) is 11.8 Å². The Balaban J connectivity index is 1.42. The second kappa shape index (κ2) is 8.75. The Hall–Kier alpha value is -3.48. The Labute approximate surface area is 156 Å². The van der Waals surface area contributed by atoms with Crippen LogP contribution in [-0.4, -0.2) is 35.0 Å². The number of nitrogens with zero attached hydrogens (tertiary/aromatic N) is 2. The maximum absolute atomic E-state index is 12.1. The molecular weight excluding hydrogens is 344 g/mol. The van der Waals surface area contributed by atoms with Crippen molar-refractivity contribution >= 4 is 11.8 Å². The van der Waals surface area contributed by atoms with Crippen LogP contribution in [0.15, 0.2) is 59.3 Å². The molecule has 7 heteroatoms. The number of carbonyl (C=O) groups is 2. The molecule has 2 heterocycles. The zero-order chi connectivity index (χ0) is 19.1. The van der Waals surface area contributed by atoms with Crippen LogP contribution in [0.4, 0.5) is 0 Å². The lowest BCUT2D eigenvalue weighted by molar-refractivity contribution is 0.0944. The number of hydrogen-bond donors (Lipinski definition) is 2. The van der Waals surface area contributed by atoms with Crippen LogP contribution in [0.5, 0.6) is 0 Å². The molecule has 3 aromatic rings. The van der Waals surface area contributed by atoms with E-state index in [4.69, 9.17) is 4.52 Å². The largest absolute Gasteiger partial charge is 0.355 e. The number of benzene rings is 1. The third kappa shape index (κ3) is 4.78. The maximum Gasteiger partial charge on any atom is 0.273 e. The molecule has 0 aliphatic carbocycles. The van der Waals surface area contributed by atoms with E-state index >= 15 is 0 Å². The molecule has 0 atom stereocenters. The van der Waals surface area contributed by atoms with E-state index in [1.54, 1.807) is 31.3 Å². The summed E-state index contributed by atoms with van der Waals surface area (Å²) < 4.78 is 5.22. The van der Waals surface area contributed by atoms with Crippen molar-refractivity contribution in [3.63, 3.8) is 0 Å². The van der Waals surface area contributed by atoms with E-state index < -0.39 is 0 Å². The number of pyridine rings is 1. The summed E-state index contributed by atoms with van der Waals surface area (Å²) in [5.74, 6) is 0.0612. The molecule has 2 amide bonds.